The van der Waals surface area contributed by atoms with Crippen molar-refractivity contribution >= 4 is 29.2 Å². The van der Waals surface area contributed by atoms with Gasteiger partial charge in [0.25, 0.3) is 5.91 Å². The number of thiazole rings is 1. The van der Waals surface area contributed by atoms with Gasteiger partial charge >= 0.3 is 12.0 Å². The van der Waals surface area contributed by atoms with Crippen molar-refractivity contribution in [1.82, 2.24) is 15.6 Å². The molecule has 104 valence electrons. The molecular formula is C10H13N3O5S. The van der Waals surface area contributed by atoms with E-state index < -0.39 is 31.1 Å². The zero-order chi connectivity index (χ0) is 14.3. The van der Waals surface area contributed by atoms with Crippen molar-refractivity contribution in [2.45, 2.75) is 13.0 Å². The molecule has 0 aliphatic rings. The average Bonchev–Trinajstić information content (AvgIpc) is 2.81. The Hall–Kier alpha value is -2.00. The van der Waals surface area contributed by atoms with Crippen LogP contribution >= 0.6 is 11.3 Å². The molecule has 0 saturated carbocycles. The number of amides is 3. The molecule has 0 saturated heterocycles. The van der Waals surface area contributed by atoms with Crippen LogP contribution in [0.1, 0.15) is 18.0 Å². The number of carbonyl (C=O) groups is 3. The van der Waals surface area contributed by atoms with Crippen molar-refractivity contribution in [1.29, 1.82) is 0 Å². The Labute approximate surface area is 112 Å². The van der Waals surface area contributed by atoms with E-state index in [0.29, 0.717) is 5.01 Å². The molecule has 1 aromatic rings. The van der Waals surface area contributed by atoms with Gasteiger partial charge in [-0.15, -0.1) is 11.3 Å². The predicted molar refractivity (Wildman–Crippen MR) is 65.7 cm³/mol. The molecule has 0 radical (unpaired) electrons. The molecular weight excluding hydrogens is 274 g/mol. The van der Waals surface area contributed by atoms with Crippen molar-refractivity contribution < 1.29 is 24.2 Å². The Bertz CT molecular complexity index is 448. The second-order valence-electron chi connectivity index (χ2n) is 3.50. The Kier molecular flexibility index (Phi) is 5.90. The molecule has 0 aromatic carbocycles. The van der Waals surface area contributed by atoms with Crippen molar-refractivity contribution in [3.8, 4) is 0 Å². The van der Waals surface area contributed by atoms with Crippen LogP contribution in [-0.4, -0.2) is 41.2 Å². The summed E-state index contributed by atoms with van der Waals surface area (Å²) in [6.07, 6.45) is 1.61. The number of aliphatic carboxylic acids is 1. The third kappa shape index (κ3) is 5.93. The normalized spacial score (nSPS) is 11.6. The third-order valence-corrected chi connectivity index (χ3v) is 2.84. The first-order valence-electron chi connectivity index (χ1n) is 5.28. The molecule has 1 unspecified atom stereocenters. The van der Waals surface area contributed by atoms with E-state index in [-0.39, 0.29) is 6.04 Å². The highest BCUT2D eigenvalue weighted by Crippen LogP contribution is 2.13. The topological polar surface area (TPSA) is 118 Å². The summed E-state index contributed by atoms with van der Waals surface area (Å²) in [5.74, 6) is -1.90. The van der Waals surface area contributed by atoms with Crippen LogP contribution in [0.3, 0.4) is 0 Å². The highest BCUT2D eigenvalue weighted by Gasteiger charge is 2.14. The third-order valence-electron chi connectivity index (χ3n) is 1.88. The standard InChI is InChI=1S/C10H13N3O5S/c1-6(9-11-2-3-19-9)12-10(17)13-7(14)4-18-5-8(15)16/h2-3,6H,4-5H2,1H3,(H,15,16)(H2,12,13,14,17). The van der Waals surface area contributed by atoms with Crippen LogP contribution in [0.15, 0.2) is 11.6 Å². The fourth-order valence-electron chi connectivity index (χ4n) is 1.14. The number of ether oxygens (including phenoxy) is 1. The summed E-state index contributed by atoms with van der Waals surface area (Å²) in [6, 6.07) is -1.01. The first-order valence-corrected chi connectivity index (χ1v) is 6.16. The largest absolute Gasteiger partial charge is 0.480 e. The van der Waals surface area contributed by atoms with E-state index in [1.54, 1.807) is 18.5 Å². The van der Waals surface area contributed by atoms with E-state index >= 15 is 0 Å². The van der Waals surface area contributed by atoms with Crippen molar-refractivity contribution in [3.05, 3.63) is 16.6 Å². The maximum Gasteiger partial charge on any atom is 0.329 e. The van der Waals surface area contributed by atoms with Crippen LogP contribution in [0, 0.1) is 0 Å². The van der Waals surface area contributed by atoms with Crippen LogP contribution in [0.2, 0.25) is 0 Å². The summed E-state index contributed by atoms with van der Waals surface area (Å²) >= 11 is 1.38. The molecule has 19 heavy (non-hydrogen) atoms. The van der Waals surface area contributed by atoms with Crippen LogP contribution in [-0.2, 0) is 14.3 Å². The second kappa shape index (κ2) is 7.44. The summed E-state index contributed by atoms with van der Waals surface area (Å²) in [5, 5.41) is 15.3. The molecule has 0 aliphatic heterocycles. The lowest BCUT2D eigenvalue weighted by molar-refractivity contribution is -0.143. The number of nitrogens with one attached hydrogen (secondary N) is 2. The molecule has 0 spiro atoms. The molecule has 1 heterocycles. The number of imide groups is 1. The van der Waals surface area contributed by atoms with Gasteiger partial charge in [0.2, 0.25) is 0 Å². The molecule has 3 N–H and O–H groups in total. The van der Waals surface area contributed by atoms with Crippen LogP contribution in [0.25, 0.3) is 0 Å². The summed E-state index contributed by atoms with van der Waals surface area (Å²) in [5.41, 5.74) is 0. The smallest absolute Gasteiger partial charge is 0.329 e. The molecule has 8 nitrogen and oxygen atoms in total. The summed E-state index contributed by atoms with van der Waals surface area (Å²) < 4.78 is 4.53. The Balaban J connectivity index is 2.27. The number of hydrogen-bond acceptors (Lipinski definition) is 6. The van der Waals surface area contributed by atoms with Gasteiger partial charge in [0, 0.05) is 11.6 Å². The monoisotopic (exact) mass is 287 g/mol. The fourth-order valence-corrected chi connectivity index (χ4v) is 1.78. The molecule has 1 atom stereocenters. The van der Waals surface area contributed by atoms with Crippen LogP contribution in [0.4, 0.5) is 4.79 Å². The summed E-state index contributed by atoms with van der Waals surface area (Å²) in [4.78, 5) is 36.8. The maximum absolute atomic E-state index is 11.4. The van der Waals surface area contributed by atoms with Gasteiger partial charge in [-0.3, -0.25) is 10.1 Å². The first-order chi connectivity index (χ1) is 8.99. The lowest BCUT2D eigenvalue weighted by atomic mass is 10.4. The zero-order valence-electron chi connectivity index (χ0n) is 10.1. The van der Waals surface area contributed by atoms with E-state index in [4.69, 9.17) is 5.11 Å². The summed E-state index contributed by atoms with van der Waals surface area (Å²) in [7, 11) is 0. The minimum atomic E-state index is -1.19. The number of carboxylic acid groups (broad SMARTS) is 1. The van der Waals surface area contributed by atoms with E-state index in [0.717, 1.165) is 0 Å². The molecule has 0 aliphatic carbocycles. The number of carbonyl (C=O) groups excluding carboxylic acids is 2. The SMILES string of the molecule is CC(NC(=O)NC(=O)COCC(=O)O)c1nccs1. The van der Waals surface area contributed by atoms with Crippen molar-refractivity contribution in [3.63, 3.8) is 0 Å². The molecule has 1 aromatic heterocycles. The summed E-state index contributed by atoms with van der Waals surface area (Å²) in [6.45, 7) is 0.639. The minimum Gasteiger partial charge on any atom is -0.480 e. The van der Waals surface area contributed by atoms with Crippen LogP contribution < -0.4 is 10.6 Å². The van der Waals surface area contributed by atoms with Crippen molar-refractivity contribution in [2.75, 3.05) is 13.2 Å². The molecule has 1 rings (SSSR count). The van der Waals surface area contributed by atoms with Gasteiger partial charge in [0.05, 0.1) is 6.04 Å². The minimum absolute atomic E-state index is 0.326. The molecule has 0 fully saturated rings. The number of carboxylic acids is 1. The molecule has 3 amide bonds. The van der Waals surface area contributed by atoms with E-state index in [1.165, 1.54) is 11.3 Å². The van der Waals surface area contributed by atoms with Gasteiger partial charge in [-0.25, -0.2) is 14.6 Å². The van der Waals surface area contributed by atoms with E-state index in [1.807, 2.05) is 5.32 Å². The fraction of sp³-hybridized carbons (Fsp3) is 0.400. The number of rotatable bonds is 6. The zero-order valence-corrected chi connectivity index (χ0v) is 10.9. The average molecular weight is 287 g/mol. The van der Waals surface area contributed by atoms with Gasteiger partial charge in [-0.05, 0) is 6.92 Å². The number of aromatic nitrogens is 1. The van der Waals surface area contributed by atoms with Gasteiger partial charge < -0.3 is 15.2 Å². The van der Waals surface area contributed by atoms with Gasteiger partial charge in [-0.2, -0.15) is 0 Å². The van der Waals surface area contributed by atoms with Crippen LogP contribution in [0.5, 0.6) is 0 Å². The Morgan fingerprint density at radius 2 is 2.21 bits per heavy atom. The van der Waals surface area contributed by atoms with Crippen molar-refractivity contribution in [2.24, 2.45) is 0 Å². The highest BCUT2D eigenvalue weighted by molar-refractivity contribution is 7.09. The van der Waals surface area contributed by atoms with Gasteiger partial charge in [0.15, 0.2) is 0 Å². The number of nitrogens with zero attached hydrogens (tertiary/aromatic N) is 1. The Morgan fingerprint density at radius 1 is 1.47 bits per heavy atom. The lowest BCUT2D eigenvalue weighted by Crippen LogP contribution is -2.42. The number of urea groups is 1. The number of hydrogen-bond donors (Lipinski definition) is 3. The first kappa shape index (κ1) is 15.1. The Morgan fingerprint density at radius 3 is 2.79 bits per heavy atom. The molecule has 9 heteroatoms. The maximum atomic E-state index is 11.4. The quantitative estimate of drug-likeness (QED) is 0.684. The predicted octanol–water partition coefficient (Wildman–Crippen LogP) is 0.131. The van der Waals surface area contributed by atoms with Gasteiger partial charge in [-0.1, -0.05) is 0 Å². The van der Waals surface area contributed by atoms with E-state index in [9.17, 15) is 14.4 Å². The lowest BCUT2D eigenvalue weighted by Gasteiger charge is -2.11. The highest BCUT2D eigenvalue weighted by atomic mass is 32.1. The molecule has 0 bridgehead atoms. The van der Waals surface area contributed by atoms with E-state index in [2.05, 4.69) is 15.0 Å². The van der Waals surface area contributed by atoms with Gasteiger partial charge in [0.1, 0.15) is 18.2 Å². The second-order valence-corrected chi connectivity index (χ2v) is 4.43.